The van der Waals surface area contributed by atoms with Crippen molar-refractivity contribution in [2.45, 2.75) is 32.9 Å². The van der Waals surface area contributed by atoms with Crippen LogP contribution >= 0.6 is 34.8 Å². The number of halogens is 4. The van der Waals surface area contributed by atoms with Crippen molar-refractivity contribution in [2.24, 2.45) is 0 Å². The fourth-order valence-electron chi connectivity index (χ4n) is 4.48. The zero-order valence-corrected chi connectivity index (χ0v) is 33.1. The van der Waals surface area contributed by atoms with Crippen LogP contribution in [-0.4, -0.2) is 38.3 Å². The number of ether oxygens (including phenoxy) is 4. The summed E-state index contributed by atoms with van der Waals surface area (Å²) in [6.45, 7) is 5.82. The second kappa shape index (κ2) is 20.8. The molecule has 8 N–H and O–H groups in total. The number of rotatable bonds is 10. The molecule has 0 aliphatic carbocycles. The van der Waals surface area contributed by atoms with E-state index in [1.807, 2.05) is 18.2 Å². The molecule has 0 bridgehead atoms. The van der Waals surface area contributed by atoms with Crippen molar-refractivity contribution in [2.75, 3.05) is 48.7 Å². The largest absolute Gasteiger partial charge is 0.495 e. The van der Waals surface area contributed by atoms with Crippen molar-refractivity contribution in [3.63, 3.8) is 0 Å². The standard InChI is InChI=1S/C14H15ClN2O.C13H10ClFN2O.C13H18ClNO4/c1-18-14-8-13(12(16)7-11(14)15)17-9-10-5-3-2-4-6-10;14-10-7-8(16)5-6-12(10)17-13(18)9-3-1-2-4-11(9)15;1-13(2,3)19-12(16)7-18-11-6-10(17-4)8(14)5-9(11)15/h2-8,17H,9,16H2,1H3;1-7H,16H2,(H,17,18);5-6H,7,15H2,1-4H3. The van der Waals surface area contributed by atoms with Crippen molar-refractivity contribution in [3.8, 4) is 17.2 Å². The van der Waals surface area contributed by atoms with Crippen molar-refractivity contribution in [1.29, 1.82) is 0 Å². The first kappa shape index (κ1) is 43.8. The molecule has 0 fully saturated rings. The molecule has 5 aromatic carbocycles. The van der Waals surface area contributed by atoms with Gasteiger partial charge >= 0.3 is 5.97 Å². The molecule has 292 valence electrons. The Hall–Kier alpha value is -5.56. The summed E-state index contributed by atoms with van der Waals surface area (Å²) in [6.07, 6.45) is 0. The SMILES string of the molecule is COc1cc(NCc2ccccc2)c(N)cc1Cl.COc1cc(OCC(=O)OC(C)(C)C)c(N)cc1Cl.Nc1ccc(NC(=O)c2ccccc2F)c(Cl)c1. The number of esters is 1. The minimum atomic E-state index is -0.582. The van der Waals surface area contributed by atoms with Crippen LogP contribution in [0, 0.1) is 5.82 Å². The Balaban J connectivity index is 0.000000222. The average molecular weight is 815 g/mol. The number of carbonyl (C=O) groups excluding carboxylic acids is 2. The molecule has 11 nitrogen and oxygen atoms in total. The van der Waals surface area contributed by atoms with E-state index in [1.165, 1.54) is 49.1 Å². The molecule has 0 heterocycles. The van der Waals surface area contributed by atoms with Crippen LogP contribution in [0.1, 0.15) is 36.7 Å². The van der Waals surface area contributed by atoms with Gasteiger partial charge in [-0.15, -0.1) is 0 Å². The molecule has 15 heteroatoms. The molecule has 55 heavy (non-hydrogen) atoms. The van der Waals surface area contributed by atoms with Crippen LogP contribution in [-0.2, 0) is 16.1 Å². The van der Waals surface area contributed by atoms with Gasteiger partial charge in [-0.1, -0.05) is 77.3 Å². The minimum Gasteiger partial charge on any atom is -0.495 e. The highest BCUT2D eigenvalue weighted by Gasteiger charge is 2.18. The van der Waals surface area contributed by atoms with Crippen molar-refractivity contribution < 1.29 is 32.9 Å². The molecule has 0 aliphatic heterocycles. The first-order valence-corrected chi connectivity index (χ1v) is 17.6. The zero-order valence-electron chi connectivity index (χ0n) is 30.8. The second-order valence-electron chi connectivity index (χ2n) is 12.5. The topological polar surface area (TPSA) is 173 Å². The Bertz CT molecular complexity index is 2070. The summed E-state index contributed by atoms with van der Waals surface area (Å²) in [5.74, 6) is -0.245. The summed E-state index contributed by atoms with van der Waals surface area (Å²) in [4.78, 5) is 23.4. The van der Waals surface area contributed by atoms with E-state index in [-0.39, 0.29) is 12.2 Å². The Kier molecular flexibility index (Phi) is 16.6. The molecule has 0 radical (unpaired) electrons. The number of carbonyl (C=O) groups is 2. The highest BCUT2D eigenvalue weighted by Crippen LogP contribution is 2.35. The van der Waals surface area contributed by atoms with Crippen molar-refractivity contribution in [1.82, 2.24) is 0 Å². The Morgan fingerprint density at radius 2 is 1.31 bits per heavy atom. The third kappa shape index (κ3) is 14.3. The van der Waals surface area contributed by atoms with Gasteiger partial charge in [0.25, 0.3) is 5.91 Å². The summed E-state index contributed by atoms with van der Waals surface area (Å²) in [5.41, 5.74) is 20.4. The first-order chi connectivity index (χ1) is 26.0. The number of hydrogen-bond acceptors (Lipinski definition) is 10. The Morgan fingerprint density at radius 1 is 0.709 bits per heavy atom. The minimum absolute atomic E-state index is 0.0367. The highest BCUT2D eigenvalue weighted by molar-refractivity contribution is 6.34. The lowest BCUT2D eigenvalue weighted by atomic mass is 10.2. The van der Waals surface area contributed by atoms with Gasteiger partial charge in [0.15, 0.2) is 6.61 Å². The van der Waals surface area contributed by atoms with Gasteiger partial charge in [-0.2, -0.15) is 0 Å². The maximum Gasteiger partial charge on any atom is 0.344 e. The fourth-order valence-corrected chi connectivity index (χ4v) is 5.21. The number of nitrogens with one attached hydrogen (secondary N) is 2. The maximum atomic E-state index is 13.4. The highest BCUT2D eigenvalue weighted by atomic mass is 35.5. The first-order valence-electron chi connectivity index (χ1n) is 16.5. The quantitative estimate of drug-likeness (QED) is 0.0675. The molecular weight excluding hydrogens is 772 g/mol. The van der Waals surface area contributed by atoms with Gasteiger partial charge < -0.3 is 46.8 Å². The molecule has 0 unspecified atom stereocenters. The van der Waals surface area contributed by atoms with Gasteiger partial charge in [0, 0.05) is 24.4 Å². The molecular formula is C40H43Cl3FN5O6. The van der Waals surface area contributed by atoms with Crippen molar-refractivity contribution in [3.05, 3.63) is 129 Å². The smallest absolute Gasteiger partial charge is 0.344 e. The number of anilines is 5. The van der Waals surface area contributed by atoms with Gasteiger partial charge in [0.2, 0.25) is 0 Å². The molecule has 0 aromatic heterocycles. The van der Waals surface area contributed by atoms with Gasteiger partial charge in [-0.3, -0.25) is 4.79 Å². The lowest BCUT2D eigenvalue weighted by Crippen LogP contribution is -2.27. The van der Waals surface area contributed by atoms with Crippen LogP contribution in [0.15, 0.2) is 97.1 Å². The van der Waals surface area contributed by atoms with E-state index < -0.39 is 23.3 Å². The van der Waals surface area contributed by atoms with Crippen LogP contribution < -0.4 is 42.0 Å². The molecule has 0 saturated heterocycles. The van der Waals surface area contributed by atoms with E-state index in [1.54, 1.807) is 58.2 Å². The predicted octanol–water partition coefficient (Wildman–Crippen LogP) is 9.51. The van der Waals surface area contributed by atoms with Crippen LogP contribution in [0.5, 0.6) is 17.2 Å². The normalized spacial score (nSPS) is 10.4. The molecule has 0 aliphatic rings. The molecule has 5 rings (SSSR count). The fraction of sp³-hybridized carbons (Fsp3) is 0.200. The number of benzene rings is 5. The molecule has 0 saturated carbocycles. The Labute approximate surface area is 334 Å². The summed E-state index contributed by atoms with van der Waals surface area (Å²) in [5, 5.41) is 6.99. The van der Waals surface area contributed by atoms with Gasteiger partial charge in [0.05, 0.1) is 57.6 Å². The van der Waals surface area contributed by atoms with Gasteiger partial charge in [0.1, 0.15) is 28.7 Å². The van der Waals surface area contributed by atoms with Gasteiger partial charge in [-0.25, -0.2) is 9.18 Å². The summed E-state index contributed by atoms with van der Waals surface area (Å²) < 4.78 is 34.0. The van der Waals surface area contributed by atoms with Crippen molar-refractivity contribution >= 4 is 75.1 Å². The molecule has 5 aromatic rings. The third-order valence-corrected chi connectivity index (χ3v) is 7.96. The van der Waals surface area contributed by atoms with Crippen LogP contribution in [0.25, 0.3) is 0 Å². The summed E-state index contributed by atoms with van der Waals surface area (Å²) in [6, 6.07) is 27.0. The summed E-state index contributed by atoms with van der Waals surface area (Å²) >= 11 is 17.8. The predicted molar refractivity (Wildman–Crippen MR) is 220 cm³/mol. The number of hydrogen-bond donors (Lipinski definition) is 5. The van der Waals surface area contributed by atoms with E-state index >= 15 is 0 Å². The zero-order chi connectivity index (χ0) is 40.7. The summed E-state index contributed by atoms with van der Waals surface area (Å²) in [7, 11) is 3.06. The number of methoxy groups -OCH3 is 2. The third-order valence-electron chi connectivity index (χ3n) is 7.06. The lowest BCUT2D eigenvalue weighted by molar-refractivity contribution is -0.157. The number of nitrogen functional groups attached to an aromatic ring is 3. The molecule has 0 atom stereocenters. The second-order valence-corrected chi connectivity index (χ2v) is 13.7. The average Bonchev–Trinajstić information content (AvgIpc) is 3.12. The maximum absolute atomic E-state index is 13.4. The monoisotopic (exact) mass is 813 g/mol. The van der Waals surface area contributed by atoms with E-state index in [4.69, 9.17) is 71.0 Å². The van der Waals surface area contributed by atoms with Gasteiger partial charge in [-0.05, 0) is 68.8 Å². The van der Waals surface area contributed by atoms with Crippen LogP contribution in [0.3, 0.4) is 0 Å². The number of amides is 1. The van der Waals surface area contributed by atoms with Crippen LogP contribution in [0.2, 0.25) is 15.1 Å². The Morgan fingerprint density at radius 3 is 1.91 bits per heavy atom. The van der Waals surface area contributed by atoms with Crippen LogP contribution in [0.4, 0.5) is 32.8 Å². The molecule has 1 amide bonds. The van der Waals surface area contributed by atoms with E-state index in [0.29, 0.717) is 61.6 Å². The number of nitrogens with two attached hydrogens (primary N) is 3. The van der Waals surface area contributed by atoms with E-state index in [9.17, 15) is 14.0 Å². The van der Waals surface area contributed by atoms with E-state index in [0.717, 1.165) is 5.69 Å². The lowest BCUT2D eigenvalue weighted by Gasteiger charge is -2.19. The van der Waals surface area contributed by atoms with E-state index in [2.05, 4.69) is 22.8 Å². The molecule has 0 spiro atoms.